The van der Waals surface area contributed by atoms with Crippen LogP contribution in [0.3, 0.4) is 0 Å². The maximum absolute atomic E-state index is 12.4. The number of nitrogens with one attached hydrogen (secondary N) is 2. The standard InChI is InChI=1S/C19H14Cl2N6O/c20-14-6-4-13(5-7-14)16-9-17(25-24-16)18(28)23-19-22-11-27(26-19)10-12-2-1-3-15(21)8-12/h1-9,11H,10H2,(H,24,25)(H,23,26,28). The predicted octanol–water partition coefficient (Wildman–Crippen LogP) is 4.28. The van der Waals surface area contributed by atoms with Crippen molar-refractivity contribution in [1.82, 2.24) is 25.0 Å². The molecule has 9 heteroatoms. The van der Waals surface area contributed by atoms with Gasteiger partial charge in [0, 0.05) is 15.6 Å². The summed E-state index contributed by atoms with van der Waals surface area (Å²) in [6.45, 7) is 0.494. The number of carbonyl (C=O) groups is 1. The molecule has 7 nitrogen and oxygen atoms in total. The summed E-state index contributed by atoms with van der Waals surface area (Å²) >= 11 is 11.9. The molecule has 0 saturated heterocycles. The van der Waals surface area contributed by atoms with Crippen molar-refractivity contribution in [2.45, 2.75) is 6.54 Å². The van der Waals surface area contributed by atoms with Gasteiger partial charge in [0.05, 0.1) is 12.2 Å². The first-order valence-electron chi connectivity index (χ1n) is 8.33. The topological polar surface area (TPSA) is 88.5 Å². The van der Waals surface area contributed by atoms with Gasteiger partial charge in [-0.25, -0.2) is 9.67 Å². The molecule has 0 spiro atoms. The van der Waals surface area contributed by atoms with Gasteiger partial charge in [0.1, 0.15) is 12.0 Å². The summed E-state index contributed by atoms with van der Waals surface area (Å²) in [7, 11) is 0. The van der Waals surface area contributed by atoms with E-state index in [0.717, 1.165) is 11.1 Å². The predicted molar refractivity (Wildman–Crippen MR) is 108 cm³/mol. The van der Waals surface area contributed by atoms with Crippen LogP contribution in [0.25, 0.3) is 11.3 Å². The SMILES string of the molecule is O=C(Nc1ncn(Cc2cccc(Cl)c2)n1)c1cc(-c2ccc(Cl)cc2)n[nH]1. The summed E-state index contributed by atoms with van der Waals surface area (Å²) in [4.78, 5) is 16.5. The molecule has 0 saturated carbocycles. The summed E-state index contributed by atoms with van der Waals surface area (Å²) in [5, 5.41) is 15.1. The molecule has 0 radical (unpaired) electrons. The van der Waals surface area contributed by atoms with E-state index in [4.69, 9.17) is 23.2 Å². The molecule has 0 bridgehead atoms. The fraction of sp³-hybridized carbons (Fsp3) is 0.0526. The summed E-state index contributed by atoms with van der Waals surface area (Å²) in [5.41, 5.74) is 2.78. The summed E-state index contributed by atoms with van der Waals surface area (Å²) < 4.78 is 1.62. The van der Waals surface area contributed by atoms with Crippen molar-refractivity contribution in [2.75, 3.05) is 5.32 Å². The number of halogens is 2. The van der Waals surface area contributed by atoms with Crippen molar-refractivity contribution in [1.29, 1.82) is 0 Å². The van der Waals surface area contributed by atoms with E-state index in [1.165, 1.54) is 0 Å². The number of benzene rings is 2. The van der Waals surface area contributed by atoms with Crippen LogP contribution in [0.15, 0.2) is 60.9 Å². The summed E-state index contributed by atoms with van der Waals surface area (Å²) in [6.07, 6.45) is 1.54. The fourth-order valence-electron chi connectivity index (χ4n) is 2.63. The number of hydrogen-bond donors (Lipinski definition) is 2. The Bertz CT molecular complexity index is 1120. The molecule has 140 valence electrons. The molecule has 0 atom stereocenters. The average Bonchev–Trinajstić information content (AvgIpc) is 3.32. The highest BCUT2D eigenvalue weighted by molar-refractivity contribution is 6.30. The minimum Gasteiger partial charge on any atom is -0.288 e. The highest BCUT2D eigenvalue weighted by Crippen LogP contribution is 2.20. The van der Waals surface area contributed by atoms with Crippen LogP contribution in [-0.2, 0) is 6.54 Å². The van der Waals surface area contributed by atoms with Gasteiger partial charge < -0.3 is 0 Å². The van der Waals surface area contributed by atoms with Gasteiger partial charge >= 0.3 is 0 Å². The first kappa shape index (κ1) is 18.2. The lowest BCUT2D eigenvalue weighted by Gasteiger charge is -2.01. The number of nitrogens with zero attached hydrogens (tertiary/aromatic N) is 4. The molecule has 2 heterocycles. The van der Waals surface area contributed by atoms with Crippen molar-refractivity contribution in [3.8, 4) is 11.3 Å². The van der Waals surface area contributed by atoms with Crippen LogP contribution in [0.1, 0.15) is 16.1 Å². The molecule has 2 N–H and O–H groups in total. The van der Waals surface area contributed by atoms with Crippen LogP contribution < -0.4 is 5.32 Å². The lowest BCUT2D eigenvalue weighted by molar-refractivity contribution is 0.102. The Morgan fingerprint density at radius 3 is 2.68 bits per heavy atom. The van der Waals surface area contributed by atoms with Crippen molar-refractivity contribution >= 4 is 35.1 Å². The maximum Gasteiger partial charge on any atom is 0.276 e. The molecule has 2 aromatic carbocycles. The van der Waals surface area contributed by atoms with E-state index in [-0.39, 0.29) is 11.9 Å². The van der Waals surface area contributed by atoms with Gasteiger partial charge in [-0.3, -0.25) is 15.2 Å². The van der Waals surface area contributed by atoms with E-state index in [0.29, 0.717) is 28.0 Å². The molecule has 0 aliphatic carbocycles. The van der Waals surface area contributed by atoms with Crippen LogP contribution in [0, 0.1) is 0 Å². The van der Waals surface area contributed by atoms with E-state index in [1.54, 1.807) is 35.3 Å². The van der Waals surface area contributed by atoms with Gasteiger partial charge in [0.25, 0.3) is 5.91 Å². The van der Waals surface area contributed by atoms with E-state index >= 15 is 0 Å². The lowest BCUT2D eigenvalue weighted by Crippen LogP contribution is -2.14. The maximum atomic E-state index is 12.4. The highest BCUT2D eigenvalue weighted by Gasteiger charge is 2.13. The molecule has 0 fully saturated rings. The van der Waals surface area contributed by atoms with Crippen LogP contribution >= 0.6 is 23.2 Å². The third-order valence-electron chi connectivity index (χ3n) is 3.96. The molecule has 4 rings (SSSR count). The van der Waals surface area contributed by atoms with Crippen molar-refractivity contribution in [3.63, 3.8) is 0 Å². The van der Waals surface area contributed by atoms with E-state index in [2.05, 4.69) is 25.6 Å². The largest absolute Gasteiger partial charge is 0.288 e. The summed E-state index contributed by atoms with van der Waals surface area (Å²) in [6, 6.07) is 16.3. The van der Waals surface area contributed by atoms with Gasteiger partial charge in [0.2, 0.25) is 5.95 Å². The Hall–Kier alpha value is -3.16. The number of aromatic amines is 1. The number of H-pyrrole nitrogens is 1. The zero-order valence-electron chi connectivity index (χ0n) is 14.4. The van der Waals surface area contributed by atoms with Crippen LogP contribution in [-0.4, -0.2) is 30.9 Å². The second-order valence-electron chi connectivity index (χ2n) is 6.02. The third-order valence-corrected chi connectivity index (χ3v) is 4.44. The second-order valence-corrected chi connectivity index (χ2v) is 6.90. The van der Waals surface area contributed by atoms with Gasteiger partial charge in [-0.2, -0.15) is 5.10 Å². The number of amides is 1. The Morgan fingerprint density at radius 2 is 1.89 bits per heavy atom. The molecular weight excluding hydrogens is 399 g/mol. The Morgan fingerprint density at radius 1 is 1.07 bits per heavy atom. The smallest absolute Gasteiger partial charge is 0.276 e. The molecule has 1 amide bonds. The first-order chi connectivity index (χ1) is 13.6. The number of rotatable bonds is 5. The zero-order chi connectivity index (χ0) is 19.5. The van der Waals surface area contributed by atoms with Crippen LogP contribution in [0.2, 0.25) is 10.0 Å². The minimum atomic E-state index is -0.381. The fourth-order valence-corrected chi connectivity index (χ4v) is 2.96. The summed E-state index contributed by atoms with van der Waals surface area (Å²) in [5.74, 6) is -0.178. The lowest BCUT2D eigenvalue weighted by atomic mass is 10.1. The zero-order valence-corrected chi connectivity index (χ0v) is 15.9. The normalized spacial score (nSPS) is 10.8. The molecule has 4 aromatic rings. The molecule has 2 aromatic heterocycles. The van der Waals surface area contributed by atoms with Gasteiger partial charge in [-0.15, -0.1) is 5.10 Å². The number of anilines is 1. The number of carbonyl (C=O) groups excluding carboxylic acids is 1. The quantitative estimate of drug-likeness (QED) is 0.511. The van der Waals surface area contributed by atoms with Crippen molar-refractivity contribution in [2.24, 2.45) is 0 Å². The monoisotopic (exact) mass is 412 g/mol. The molecular formula is C19H14Cl2N6O. The van der Waals surface area contributed by atoms with Crippen LogP contribution in [0.5, 0.6) is 0 Å². The number of aromatic nitrogens is 5. The highest BCUT2D eigenvalue weighted by atomic mass is 35.5. The first-order valence-corrected chi connectivity index (χ1v) is 9.09. The second kappa shape index (κ2) is 7.84. The van der Waals surface area contributed by atoms with Gasteiger partial charge in [-0.1, -0.05) is 47.5 Å². The Balaban J connectivity index is 1.43. The van der Waals surface area contributed by atoms with E-state index in [1.807, 2.05) is 30.3 Å². The van der Waals surface area contributed by atoms with Crippen LogP contribution in [0.4, 0.5) is 5.95 Å². The van der Waals surface area contributed by atoms with E-state index < -0.39 is 0 Å². The Kier molecular flexibility index (Phi) is 5.10. The third kappa shape index (κ3) is 4.21. The van der Waals surface area contributed by atoms with Gasteiger partial charge in [-0.05, 0) is 35.9 Å². The Labute approximate surface area is 170 Å². The number of hydrogen-bond acceptors (Lipinski definition) is 4. The molecule has 0 aliphatic heterocycles. The molecule has 28 heavy (non-hydrogen) atoms. The van der Waals surface area contributed by atoms with Crippen molar-refractivity contribution in [3.05, 3.63) is 82.2 Å². The molecule has 0 unspecified atom stereocenters. The van der Waals surface area contributed by atoms with E-state index in [9.17, 15) is 4.79 Å². The van der Waals surface area contributed by atoms with Gasteiger partial charge in [0.15, 0.2) is 0 Å². The average molecular weight is 413 g/mol. The van der Waals surface area contributed by atoms with Crippen molar-refractivity contribution < 1.29 is 4.79 Å². The molecule has 0 aliphatic rings. The minimum absolute atomic E-state index is 0.203.